The molecule has 0 bridgehead atoms. The summed E-state index contributed by atoms with van der Waals surface area (Å²) in [4.78, 5) is 0. The largest absolute Gasteiger partial charge is 0.452 e. The third kappa shape index (κ3) is 3.27. The van der Waals surface area contributed by atoms with Crippen molar-refractivity contribution in [3.05, 3.63) is 97.1 Å². The zero-order chi connectivity index (χ0) is 21.1. The lowest BCUT2D eigenvalue weighted by atomic mass is 10.0. The fraction of sp³-hybridized carbons (Fsp3) is 0.0400. The van der Waals surface area contributed by atoms with E-state index in [1.54, 1.807) is 0 Å². The van der Waals surface area contributed by atoms with E-state index in [1.165, 1.54) is 11.0 Å². The lowest BCUT2D eigenvalue weighted by Crippen LogP contribution is -2.19. The van der Waals surface area contributed by atoms with Crippen LogP contribution in [0.3, 0.4) is 0 Å². The molecule has 0 spiro atoms. The highest BCUT2D eigenvalue weighted by atomic mass is 33.2. The highest BCUT2D eigenvalue weighted by Gasteiger charge is 2.45. The number of rotatable bonds is 2. The summed E-state index contributed by atoms with van der Waals surface area (Å²) in [5.74, 6) is 1.35. The van der Waals surface area contributed by atoms with E-state index in [0.717, 1.165) is 33.3 Å². The molecule has 0 saturated heterocycles. The summed E-state index contributed by atoms with van der Waals surface area (Å²) in [5, 5.41) is 1.60. The van der Waals surface area contributed by atoms with Crippen molar-refractivity contribution in [3.8, 4) is 33.8 Å². The van der Waals surface area contributed by atoms with Crippen LogP contribution in [0.2, 0.25) is 0 Å². The molecule has 6 rings (SSSR count). The summed E-state index contributed by atoms with van der Waals surface area (Å²) in [7, 11) is 0. The molecule has 4 aromatic carbocycles. The van der Waals surface area contributed by atoms with Crippen molar-refractivity contribution in [1.29, 1.82) is 0 Å². The molecule has 160 valence electrons. The number of hydrogen-bond acceptors (Lipinski definition) is 5. The van der Waals surface area contributed by atoms with Gasteiger partial charge in [-0.3, -0.25) is 4.57 Å². The van der Waals surface area contributed by atoms with E-state index < -0.39 is 12.0 Å². The number of fused-ring (bicyclic) bond motifs is 6. The molecule has 0 saturated carbocycles. The van der Waals surface area contributed by atoms with Gasteiger partial charge in [0.25, 0.3) is 0 Å². The van der Waals surface area contributed by atoms with Crippen molar-refractivity contribution in [2.24, 2.45) is 0 Å². The Labute approximate surface area is 196 Å². The highest BCUT2D eigenvalue weighted by Crippen LogP contribution is 2.79. The molecule has 2 unspecified atom stereocenters. The van der Waals surface area contributed by atoms with E-state index in [4.69, 9.17) is 20.9 Å². The predicted octanol–water partition coefficient (Wildman–Crippen LogP) is 7.63. The maximum absolute atomic E-state index is 14.4. The molecule has 32 heavy (non-hydrogen) atoms. The van der Waals surface area contributed by atoms with Gasteiger partial charge in [0.2, 0.25) is 5.47 Å². The van der Waals surface area contributed by atoms with E-state index in [2.05, 4.69) is 6.07 Å². The third-order valence-electron chi connectivity index (χ3n) is 5.40. The van der Waals surface area contributed by atoms with Gasteiger partial charge in [0.05, 0.1) is 5.30 Å². The normalized spacial score (nSPS) is 22.0. The van der Waals surface area contributed by atoms with E-state index >= 15 is 0 Å². The van der Waals surface area contributed by atoms with Gasteiger partial charge >= 0.3 is 6.57 Å². The van der Waals surface area contributed by atoms with E-state index in [-0.39, 0.29) is 7.43 Å². The molecule has 0 N–H and O–H groups in total. The number of para-hydroxylation sites is 2. The Morgan fingerprint density at radius 2 is 1.03 bits per heavy atom. The van der Waals surface area contributed by atoms with Gasteiger partial charge in [0.1, 0.15) is 11.5 Å². The van der Waals surface area contributed by atoms with Crippen LogP contribution in [0.5, 0.6) is 11.5 Å². The van der Waals surface area contributed by atoms with E-state index in [1.807, 2.05) is 91.0 Å². The second-order valence-corrected chi connectivity index (χ2v) is 17.9. The van der Waals surface area contributed by atoms with Gasteiger partial charge in [-0.2, -0.15) is 0 Å². The van der Waals surface area contributed by atoms with Gasteiger partial charge < -0.3 is 9.05 Å². The standard InChI is InChI=1S/C24H16O3P2S2.CH4/c25-28(23-15-7-3-11-19(23)17-9-1-5-13-21(17)26-28)31-29(30)24-16-8-4-12-20(24)18-10-2-6-14-22(18)27-29;/h1-16H;1H4. The van der Waals surface area contributed by atoms with Crippen LogP contribution in [0.4, 0.5) is 0 Å². The molecule has 3 nitrogen and oxygen atoms in total. The Morgan fingerprint density at radius 3 is 1.66 bits per heavy atom. The van der Waals surface area contributed by atoms with Crippen LogP contribution in [0.1, 0.15) is 7.43 Å². The maximum atomic E-state index is 14.4. The smallest absolute Gasteiger partial charge is 0.341 e. The average Bonchev–Trinajstić information content (AvgIpc) is 2.79. The first kappa shape index (κ1) is 21.6. The Balaban J connectivity index is 0.00000216. The van der Waals surface area contributed by atoms with Crippen LogP contribution in [-0.4, -0.2) is 0 Å². The molecule has 2 aliphatic rings. The molecular weight excluding hydrogens is 474 g/mol. The second-order valence-electron chi connectivity index (χ2n) is 7.29. The third-order valence-corrected chi connectivity index (χ3v) is 18.1. The summed E-state index contributed by atoms with van der Waals surface area (Å²) in [5.41, 5.74) is 1.14. The molecule has 0 radical (unpaired) electrons. The van der Waals surface area contributed by atoms with Gasteiger partial charge in [-0.15, -0.1) is 0 Å². The van der Waals surface area contributed by atoms with Crippen molar-refractivity contribution in [1.82, 2.24) is 0 Å². The van der Waals surface area contributed by atoms with Crippen LogP contribution >= 0.6 is 23.0 Å². The SMILES string of the molecule is C.O=P1(SP2(=S)Oc3ccccc3-c3ccccc32)Oc2ccccc2-c2ccccc21. The van der Waals surface area contributed by atoms with Gasteiger partial charge in [-0.1, -0.05) is 80.2 Å². The maximum Gasteiger partial charge on any atom is 0.341 e. The summed E-state index contributed by atoms with van der Waals surface area (Å²) in [6.45, 7) is -3.40. The van der Waals surface area contributed by atoms with Crippen molar-refractivity contribution in [3.63, 3.8) is 0 Å². The van der Waals surface area contributed by atoms with Gasteiger partial charge in [-0.05, 0) is 41.6 Å². The minimum atomic E-state index is -3.40. The zero-order valence-electron chi connectivity index (χ0n) is 16.2. The topological polar surface area (TPSA) is 35.5 Å². The van der Waals surface area contributed by atoms with Gasteiger partial charge in [0.15, 0.2) is 0 Å². The van der Waals surface area contributed by atoms with Gasteiger partial charge in [-0.25, -0.2) is 0 Å². The first-order chi connectivity index (χ1) is 15.1. The molecule has 0 fully saturated rings. The Bertz CT molecular complexity index is 1340. The lowest BCUT2D eigenvalue weighted by Gasteiger charge is -2.35. The second kappa shape index (κ2) is 7.93. The van der Waals surface area contributed by atoms with Crippen molar-refractivity contribution in [2.75, 3.05) is 0 Å². The zero-order valence-corrected chi connectivity index (χ0v) is 19.6. The lowest BCUT2D eigenvalue weighted by molar-refractivity contribution is 0.508. The van der Waals surface area contributed by atoms with Crippen LogP contribution in [0.25, 0.3) is 22.3 Å². The Morgan fingerprint density at radius 1 is 0.594 bits per heavy atom. The molecule has 2 atom stereocenters. The minimum absolute atomic E-state index is 0. The van der Waals surface area contributed by atoms with E-state index in [0.29, 0.717) is 11.1 Å². The summed E-state index contributed by atoms with van der Waals surface area (Å²) < 4.78 is 27.1. The molecule has 0 aliphatic carbocycles. The van der Waals surface area contributed by atoms with Crippen LogP contribution < -0.4 is 19.7 Å². The molecular formula is C25H20O3P2S2. The molecule has 2 heterocycles. The predicted molar refractivity (Wildman–Crippen MR) is 140 cm³/mol. The Hall–Kier alpha value is -2.29. The fourth-order valence-electron chi connectivity index (χ4n) is 4.04. The van der Waals surface area contributed by atoms with Crippen LogP contribution in [0, 0.1) is 0 Å². The van der Waals surface area contributed by atoms with Crippen molar-refractivity contribution >= 4 is 45.5 Å². The molecule has 2 aliphatic heterocycles. The molecule has 0 amide bonds. The summed E-state index contributed by atoms with van der Waals surface area (Å²) in [6.07, 6.45) is 0. The van der Waals surface area contributed by atoms with E-state index in [9.17, 15) is 4.57 Å². The highest BCUT2D eigenvalue weighted by molar-refractivity contribution is 8.95. The first-order valence-electron chi connectivity index (χ1n) is 9.76. The Kier molecular flexibility index (Phi) is 5.34. The number of benzene rings is 4. The molecule has 4 aromatic rings. The minimum Gasteiger partial charge on any atom is -0.452 e. The molecule has 0 aromatic heterocycles. The van der Waals surface area contributed by atoms with Crippen molar-refractivity contribution < 1.29 is 13.6 Å². The first-order valence-corrected chi connectivity index (χ1v) is 16.1. The van der Waals surface area contributed by atoms with Crippen molar-refractivity contribution in [2.45, 2.75) is 7.43 Å². The van der Waals surface area contributed by atoms with Crippen LogP contribution in [0.15, 0.2) is 97.1 Å². The monoisotopic (exact) mass is 494 g/mol. The summed E-state index contributed by atoms with van der Waals surface area (Å²) in [6, 6.07) is 31.3. The van der Waals surface area contributed by atoms with Gasteiger partial charge in [0, 0.05) is 33.0 Å². The molecule has 7 heteroatoms. The quantitative estimate of drug-likeness (QED) is 0.268. The summed E-state index contributed by atoms with van der Waals surface area (Å²) >= 11 is 7.36. The van der Waals surface area contributed by atoms with Crippen LogP contribution in [-0.2, 0) is 16.4 Å². The fourth-order valence-corrected chi connectivity index (χ4v) is 17.9. The average molecular weight is 495 g/mol. The number of hydrogen-bond donors (Lipinski definition) is 0.